The van der Waals surface area contributed by atoms with E-state index in [-0.39, 0.29) is 5.91 Å². The second kappa shape index (κ2) is 5.35. The lowest BCUT2D eigenvalue weighted by atomic mass is 10.3. The van der Waals surface area contributed by atoms with E-state index in [1.807, 2.05) is 26.0 Å². The molecule has 5 heteroatoms. The molecule has 0 atom stereocenters. The highest BCUT2D eigenvalue weighted by atomic mass is 16.5. The monoisotopic (exact) mass is 245 g/mol. The molecule has 2 rings (SSSR count). The molecule has 0 bridgehead atoms. The van der Waals surface area contributed by atoms with E-state index in [0.717, 1.165) is 11.4 Å². The Morgan fingerprint density at radius 2 is 2.11 bits per heavy atom. The van der Waals surface area contributed by atoms with E-state index in [9.17, 15) is 4.79 Å². The van der Waals surface area contributed by atoms with Gasteiger partial charge in [0.1, 0.15) is 5.75 Å². The summed E-state index contributed by atoms with van der Waals surface area (Å²) in [6.45, 7) is 4.40. The number of amides is 1. The number of aromatic amines is 1. The molecule has 0 radical (unpaired) electrons. The fraction of sp³-hybridized carbons (Fsp3) is 0.231. The second-order valence-corrected chi connectivity index (χ2v) is 3.85. The first-order chi connectivity index (χ1) is 8.69. The average molecular weight is 245 g/mol. The lowest BCUT2D eigenvalue weighted by Crippen LogP contribution is -2.12. The van der Waals surface area contributed by atoms with Gasteiger partial charge in [-0.25, -0.2) is 0 Å². The zero-order valence-electron chi connectivity index (χ0n) is 10.4. The lowest BCUT2D eigenvalue weighted by Gasteiger charge is -2.05. The third-order valence-corrected chi connectivity index (χ3v) is 2.36. The van der Waals surface area contributed by atoms with Crippen LogP contribution in [0.15, 0.2) is 30.3 Å². The van der Waals surface area contributed by atoms with Gasteiger partial charge in [-0.3, -0.25) is 9.89 Å². The maximum atomic E-state index is 11.8. The molecule has 0 saturated heterocycles. The largest absolute Gasteiger partial charge is 0.494 e. The van der Waals surface area contributed by atoms with E-state index >= 15 is 0 Å². The zero-order valence-corrected chi connectivity index (χ0v) is 10.4. The number of hydrogen-bond acceptors (Lipinski definition) is 3. The first-order valence-corrected chi connectivity index (χ1v) is 5.75. The summed E-state index contributed by atoms with van der Waals surface area (Å²) >= 11 is 0. The van der Waals surface area contributed by atoms with Crippen molar-refractivity contribution in [1.82, 2.24) is 10.2 Å². The molecule has 1 aromatic carbocycles. The number of carbonyl (C=O) groups excluding carboxylic acids is 1. The molecule has 1 heterocycles. The molecule has 0 spiro atoms. The standard InChI is InChI=1S/C13H15N3O2/c1-3-18-11-6-4-10(5-7-11)14-13(17)12-8-9(2)15-16-12/h4-8H,3H2,1-2H3,(H,14,17)(H,15,16). The molecule has 0 unspecified atom stereocenters. The summed E-state index contributed by atoms with van der Waals surface area (Å²) in [5.74, 6) is 0.551. The number of anilines is 1. The minimum Gasteiger partial charge on any atom is -0.494 e. The average Bonchev–Trinajstić information content (AvgIpc) is 2.79. The van der Waals surface area contributed by atoms with Gasteiger partial charge in [0.2, 0.25) is 0 Å². The summed E-state index contributed by atoms with van der Waals surface area (Å²) in [6.07, 6.45) is 0. The van der Waals surface area contributed by atoms with Crippen LogP contribution in [0.2, 0.25) is 0 Å². The summed E-state index contributed by atoms with van der Waals surface area (Å²) in [7, 11) is 0. The van der Waals surface area contributed by atoms with Crippen molar-refractivity contribution in [2.24, 2.45) is 0 Å². The molecule has 0 fully saturated rings. The predicted molar refractivity (Wildman–Crippen MR) is 68.9 cm³/mol. The number of ether oxygens (including phenoxy) is 1. The summed E-state index contributed by atoms with van der Waals surface area (Å²) in [5.41, 5.74) is 1.94. The van der Waals surface area contributed by atoms with E-state index in [1.54, 1.807) is 18.2 Å². The number of hydrogen-bond donors (Lipinski definition) is 2. The molecule has 0 saturated carbocycles. The Balaban J connectivity index is 2.03. The minimum atomic E-state index is -0.233. The van der Waals surface area contributed by atoms with Crippen molar-refractivity contribution in [1.29, 1.82) is 0 Å². The van der Waals surface area contributed by atoms with Gasteiger partial charge in [-0.15, -0.1) is 0 Å². The topological polar surface area (TPSA) is 67.0 Å². The fourth-order valence-electron chi connectivity index (χ4n) is 1.53. The van der Waals surface area contributed by atoms with Crippen molar-refractivity contribution in [2.75, 3.05) is 11.9 Å². The van der Waals surface area contributed by atoms with Crippen LogP contribution in [0.4, 0.5) is 5.69 Å². The smallest absolute Gasteiger partial charge is 0.276 e. The zero-order chi connectivity index (χ0) is 13.0. The first-order valence-electron chi connectivity index (χ1n) is 5.75. The Kier molecular flexibility index (Phi) is 3.62. The van der Waals surface area contributed by atoms with Gasteiger partial charge in [0.05, 0.1) is 6.61 Å². The molecular weight excluding hydrogens is 230 g/mol. The summed E-state index contributed by atoms with van der Waals surface area (Å²) in [4.78, 5) is 11.8. The Bertz CT molecular complexity index is 531. The van der Waals surface area contributed by atoms with Crippen molar-refractivity contribution in [2.45, 2.75) is 13.8 Å². The van der Waals surface area contributed by atoms with Gasteiger partial charge in [0, 0.05) is 11.4 Å². The van der Waals surface area contributed by atoms with E-state index < -0.39 is 0 Å². The van der Waals surface area contributed by atoms with Crippen LogP contribution >= 0.6 is 0 Å². The quantitative estimate of drug-likeness (QED) is 0.869. The molecule has 94 valence electrons. The highest BCUT2D eigenvalue weighted by Gasteiger charge is 2.09. The SMILES string of the molecule is CCOc1ccc(NC(=O)c2cc(C)[nH]n2)cc1. The summed E-state index contributed by atoms with van der Waals surface area (Å²) < 4.78 is 5.32. The number of aryl methyl sites for hydroxylation is 1. The number of nitrogens with zero attached hydrogens (tertiary/aromatic N) is 1. The predicted octanol–water partition coefficient (Wildman–Crippen LogP) is 2.37. The van der Waals surface area contributed by atoms with E-state index in [4.69, 9.17) is 4.74 Å². The Morgan fingerprint density at radius 1 is 1.39 bits per heavy atom. The van der Waals surface area contributed by atoms with E-state index in [0.29, 0.717) is 18.0 Å². The van der Waals surface area contributed by atoms with Crippen LogP contribution in [-0.4, -0.2) is 22.7 Å². The van der Waals surface area contributed by atoms with Crippen LogP contribution in [0.5, 0.6) is 5.75 Å². The lowest BCUT2D eigenvalue weighted by molar-refractivity contribution is 0.102. The highest BCUT2D eigenvalue weighted by molar-refractivity contribution is 6.02. The third kappa shape index (κ3) is 2.88. The normalized spacial score (nSPS) is 10.1. The maximum absolute atomic E-state index is 11.8. The number of carbonyl (C=O) groups is 1. The van der Waals surface area contributed by atoms with E-state index in [1.165, 1.54) is 0 Å². The van der Waals surface area contributed by atoms with Crippen molar-refractivity contribution in [3.63, 3.8) is 0 Å². The van der Waals surface area contributed by atoms with Crippen LogP contribution in [0, 0.1) is 6.92 Å². The fourth-order valence-corrected chi connectivity index (χ4v) is 1.53. The highest BCUT2D eigenvalue weighted by Crippen LogP contribution is 2.16. The van der Waals surface area contributed by atoms with Crippen molar-refractivity contribution in [3.05, 3.63) is 41.7 Å². The van der Waals surface area contributed by atoms with Crippen molar-refractivity contribution < 1.29 is 9.53 Å². The molecule has 0 aliphatic rings. The maximum Gasteiger partial charge on any atom is 0.276 e. The number of aromatic nitrogens is 2. The van der Waals surface area contributed by atoms with Gasteiger partial charge >= 0.3 is 0 Å². The Hall–Kier alpha value is -2.30. The molecule has 2 N–H and O–H groups in total. The van der Waals surface area contributed by atoms with Crippen molar-refractivity contribution >= 4 is 11.6 Å². The molecule has 1 amide bonds. The van der Waals surface area contributed by atoms with Crippen LogP contribution < -0.4 is 10.1 Å². The molecule has 2 aromatic rings. The van der Waals surface area contributed by atoms with Crippen LogP contribution in [-0.2, 0) is 0 Å². The molecule has 1 aromatic heterocycles. The molecular formula is C13H15N3O2. The van der Waals surface area contributed by atoms with Gasteiger partial charge in [-0.2, -0.15) is 5.10 Å². The third-order valence-electron chi connectivity index (χ3n) is 2.36. The van der Waals surface area contributed by atoms with Gasteiger partial charge in [-0.05, 0) is 44.2 Å². The van der Waals surface area contributed by atoms with Gasteiger partial charge in [-0.1, -0.05) is 0 Å². The molecule has 5 nitrogen and oxygen atoms in total. The second-order valence-electron chi connectivity index (χ2n) is 3.85. The summed E-state index contributed by atoms with van der Waals surface area (Å²) in [6, 6.07) is 8.92. The molecule has 18 heavy (non-hydrogen) atoms. The van der Waals surface area contributed by atoms with Crippen LogP contribution in [0.25, 0.3) is 0 Å². The van der Waals surface area contributed by atoms with Crippen molar-refractivity contribution in [3.8, 4) is 5.75 Å². The van der Waals surface area contributed by atoms with Gasteiger partial charge in [0.25, 0.3) is 5.91 Å². The van der Waals surface area contributed by atoms with Gasteiger partial charge < -0.3 is 10.1 Å². The first kappa shape index (κ1) is 12.2. The molecule has 0 aliphatic carbocycles. The number of rotatable bonds is 4. The van der Waals surface area contributed by atoms with E-state index in [2.05, 4.69) is 15.5 Å². The molecule has 0 aliphatic heterocycles. The number of nitrogens with one attached hydrogen (secondary N) is 2. The van der Waals surface area contributed by atoms with Gasteiger partial charge in [0.15, 0.2) is 5.69 Å². The van der Waals surface area contributed by atoms with Crippen LogP contribution in [0.3, 0.4) is 0 Å². The Labute approximate surface area is 105 Å². The number of benzene rings is 1. The minimum absolute atomic E-state index is 0.233. The van der Waals surface area contributed by atoms with Crippen LogP contribution in [0.1, 0.15) is 23.1 Å². The Morgan fingerprint density at radius 3 is 2.67 bits per heavy atom. The number of H-pyrrole nitrogens is 1. The summed E-state index contributed by atoms with van der Waals surface area (Å²) in [5, 5.41) is 9.39.